The van der Waals surface area contributed by atoms with Crippen LogP contribution in [0.4, 0.5) is 0 Å². The lowest BCUT2D eigenvalue weighted by molar-refractivity contribution is 0.317. The lowest BCUT2D eigenvalue weighted by Gasteiger charge is -2.26. The van der Waals surface area contributed by atoms with Gasteiger partial charge in [0.2, 0.25) is 0 Å². The third-order valence-electron chi connectivity index (χ3n) is 3.62. The average Bonchev–Trinajstić information content (AvgIpc) is 2.53. The lowest BCUT2D eigenvalue weighted by atomic mass is 9.86. The number of methoxy groups -OCH3 is 1. The van der Waals surface area contributed by atoms with Crippen molar-refractivity contribution in [1.29, 1.82) is 0 Å². The molecule has 21 heavy (non-hydrogen) atoms. The van der Waals surface area contributed by atoms with E-state index in [2.05, 4.69) is 6.92 Å². The molecule has 0 aliphatic heterocycles. The van der Waals surface area contributed by atoms with Crippen molar-refractivity contribution in [2.75, 3.05) is 13.7 Å². The molecule has 0 saturated heterocycles. The topological polar surface area (TPSA) is 44.5 Å². The molecule has 0 heterocycles. The Morgan fingerprint density at radius 3 is 1.81 bits per heavy atom. The number of benzene rings is 2. The molecule has 0 aromatic heterocycles. The maximum absolute atomic E-state index is 6.52. The van der Waals surface area contributed by atoms with E-state index in [9.17, 15) is 0 Å². The molecular weight excluding hydrogens is 262 g/mol. The van der Waals surface area contributed by atoms with Crippen molar-refractivity contribution >= 4 is 0 Å². The van der Waals surface area contributed by atoms with Gasteiger partial charge in [-0.05, 0) is 48.7 Å². The van der Waals surface area contributed by atoms with Crippen LogP contribution in [0, 0.1) is 0 Å². The van der Waals surface area contributed by atoms with Crippen molar-refractivity contribution in [3.8, 4) is 11.5 Å². The summed E-state index contributed by atoms with van der Waals surface area (Å²) in [7, 11) is 1.66. The van der Waals surface area contributed by atoms with Crippen LogP contribution in [0.2, 0.25) is 0 Å². The van der Waals surface area contributed by atoms with Crippen molar-refractivity contribution in [2.45, 2.75) is 25.8 Å². The highest BCUT2D eigenvalue weighted by Crippen LogP contribution is 2.29. The second-order valence-electron chi connectivity index (χ2n) is 5.30. The molecule has 0 fully saturated rings. The van der Waals surface area contributed by atoms with Gasteiger partial charge < -0.3 is 15.2 Å². The zero-order valence-electron chi connectivity index (χ0n) is 12.9. The standard InChI is InChI=1S/C18H23NO2/c1-4-13-21-17-11-7-15(8-12-17)18(2,19)14-5-9-16(20-3)10-6-14/h5-12H,4,13,19H2,1-3H3. The normalized spacial score (nSPS) is 13.5. The first-order valence-corrected chi connectivity index (χ1v) is 7.24. The largest absolute Gasteiger partial charge is 0.497 e. The minimum absolute atomic E-state index is 0.546. The molecule has 1 unspecified atom stereocenters. The van der Waals surface area contributed by atoms with Crippen molar-refractivity contribution in [2.24, 2.45) is 5.73 Å². The summed E-state index contributed by atoms with van der Waals surface area (Å²) in [5, 5.41) is 0. The molecular formula is C18H23NO2. The summed E-state index contributed by atoms with van der Waals surface area (Å²) in [6.07, 6.45) is 1.00. The van der Waals surface area contributed by atoms with Gasteiger partial charge in [0.05, 0.1) is 19.3 Å². The molecule has 1 atom stereocenters. The molecule has 2 N–H and O–H groups in total. The molecule has 2 rings (SSSR count). The van der Waals surface area contributed by atoms with Gasteiger partial charge in [-0.15, -0.1) is 0 Å². The van der Waals surface area contributed by atoms with E-state index in [1.165, 1.54) is 0 Å². The molecule has 2 aromatic carbocycles. The number of nitrogens with two attached hydrogens (primary N) is 1. The fourth-order valence-corrected chi connectivity index (χ4v) is 2.22. The summed E-state index contributed by atoms with van der Waals surface area (Å²) < 4.78 is 10.8. The van der Waals surface area contributed by atoms with Crippen LogP contribution in [-0.4, -0.2) is 13.7 Å². The maximum Gasteiger partial charge on any atom is 0.119 e. The van der Waals surface area contributed by atoms with E-state index >= 15 is 0 Å². The molecule has 3 heteroatoms. The van der Waals surface area contributed by atoms with Gasteiger partial charge in [-0.25, -0.2) is 0 Å². The molecule has 0 aliphatic carbocycles. The maximum atomic E-state index is 6.52. The molecule has 112 valence electrons. The number of rotatable bonds is 6. The minimum atomic E-state index is -0.546. The molecule has 0 bridgehead atoms. The fourth-order valence-electron chi connectivity index (χ4n) is 2.22. The molecule has 2 aromatic rings. The molecule has 0 radical (unpaired) electrons. The van der Waals surface area contributed by atoms with Crippen LogP contribution >= 0.6 is 0 Å². The van der Waals surface area contributed by atoms with Gasteiger partial charge in [-0.3, -0.25) is 0 Å². The predicted molar refractivity (Wildman–Crippen MR) is 85.9 cm³/mol. The third-order valence-corrected chi connectivity index (χ3v) is 3.62. The Labute approximate surface area is 126 Å². The van der Waals surface area contributed by atoms with E-state index in [-0.39, 0.29) is 0 Å². The Morgan fingerprint density at radius 2 is 1.38 bits per heavy atom. The second-order valence-corrected chi connectivity index (χ2v) is 5.30. The smallest absolute Gasteiger partial charge is 0.119 e. The van der Waals surface area contributed by atoms with Gasteiger partial charge in [0.1, 0.15) is 11.5 Å². The summed E-state index contributed by atoms with van der Waals surface area (Å²) in [6.45, 7) is 4.84. The number of hydrogen-bond donors (Lipinski definition) is 1. The van der Waals surface area contributed by atoms with E-state index in [0.29, 0.717) is 0 Å². The zero-order valence-corrected chi connectivity index (χ0v) is 12.9. The van der Waals surface area contributed by atoms with Gasteiger partial charge in [0, 0.05) is 0 Å². The summed E-state index contributed by atoms with van der Waals surface area (Å²) >= 11 is 0. The summed E-state index contributed by atoms with van der Waals surface area (Å²) in [6, 6.07) is 15.8. The summed E-state index contributed by atoms with van der Waals surface area (Å²) in [5.41, 5.74) is 8.07. The van der Waals surface area contributed by atoms with Gasteiger partial charge in [0.25, 0.3) is 0 Å². The van der Waals surface area contributed by atoms with Crippen LogP contribution in [0.5, 0.6) is 11.5 Å². The molecule has 0 aliphatic rings. The van der Waals surface area contributed by atoms with Crippen molar-refractivity contribution in [1.82, 2.24) is 0 Å². The zero-order chi connectivity index (χ0) is 15.3. The fraction of sp³-hybridized carbons (Fsp3) is 0.333. The van der Waals surface area contributed by atoms with Crippen molar-refractivity contribution < 1.29 is 9.47 Å². The van der Waals surface area contributed by atoms with Gasteiger partial charge in [-0.2, -0.15) is 0 Å². The highest BCUT2D eigenvalue weighted by molar-refractivity contribution is 5.41. The average molecular weight is 285 g/mol. The first kappa shape index (κ1) is 15.4. The Kier molecular flexibility index (Phi) is 4.86. The molecule has 0 spiro atoms. The minimum Gasteiger partial charge on any atom is -0.497 e. The van der Waals surface area contributed by atoms with Crippen LogP contribution in [0.3, 0.4) is 0 Å². The van der Waals surface area contributed by atoms with E-state index in [1.54, 1.807) is 7.11 Å². The Morgan fingerprint density at radius 1 is 0.905 bits per heavy atom. The van der Waals surface area contributed by atoms with Crippen molar-refractivity contribution in [3.05, 3.63) is 59.7 Å². The van der Waals surface area contributed by atoms with Crippen LogP contribution in [0.1, 0.15) is 31.4 Å². The van der Waals surface area contributed by atoms with Crippen LogP contribution in [0.25, 0.3) is 0 Å². The van der Waals surface area contributed by atoms with E-state index in [1.807, 2.05) is 55.5 Å². The van der Waals surface area contributed by atoms with E-state index < -0.39 is 5.54 Å². The first-order valence-electron chi connectivity index (χ1n) is 7.24. The number of hydrogen-bond acceptors (Lipinski definition) is 3. The van der Waals surface area contributed by atoms with Gasteiger partial charge in [0.15, 0.2) is 0 Å². The number of ether oxygens (including phenoxy) is 2. The van der Waals surface area contributed by atoms with E-state index in [0.717, 1.165) is 35.7 Å². The Hall–Kier alpha value is -2.00. The summed E-state index contributed by atoms with van der Waals surface area (Å²) in [4.78, 5) is 0. The van der Waals surface area contributed by atoms with Gasteiger partial charge in [-0.1, -0.05) is 31.2 Å². The summed E-state index contributed by atoms with van der Waals surface area (Å²) in [5.74, 6) is 1.71. The highest BCUT2D eigenvalue weighted by atomic mass is 16.5. The second kappa shape index (κ2) is 6.64. The molecule has 0 saturated carbocycles. The lowest BCUT2D eigenvalue weighted by Crippen LogP contribution is -2.34. The third kappa shape index (κ3) is 3.56. The Bertz CT molecular complexity index is 559. The van der Waals surface area contributed by atoms with E-state index in [4.69, 9.17) is 15.2 Å². The Balaban J connectivity index is 2.21. The SMILES string of the molecule is CCCOc1ccc(C(C)(N)c2ccc(OC)cc2)cc1. The van der Waals surface area contributed by atoms with Crippen molar-refractivity contribution in [3.63, 3.8) is 0 Å². The first-order chi connectivity index (χ1) is 10.1. The monoisotopic (exact) mass is 285 g/mol. The highest BCUT2D eigenvalue weighted by Gasteiger charge is 2.23. The van der Waals surface area contributed by atoms with Crippen LogP contribution in [-0.2, 0) is 5.54 Å². The van der Waals surface area contributed by atoms with Crippen LogP contribution in [0.15, 0.2) is 48.5 Å². The molecule has 3 nitrogen and oxygen atoms in total. The quantitative estimate of drug-likeness (QED) is 0.880. The van der Waals surface area contributed by atoms with Crippen LogP contribution < -0.4 is 15.2 Å². The predicted octanol–water partition coefficient (Wildman–Crippen LogP) is 3.71. The molecule has 0 amide bonds. The van der Waals surface area contributed by atoms with Gasteiger partial charge >= 0.3 is 0 Å².